The standard InChI is InChI=1S/C17H16F4N4O2/c18-12-1-3-13(4-2-12)27-10-16(26)25-7-5-24(6-8-25)15-9-14(17(19,20)21)22-11-23-15/h1-4,9,11H,5-8,10H2. The fourth-order valence-electron chi connectivity index (χ4n) is 2.63. The number of piperazine rings is 1. The summed E-state index contributed by atoms with van der Waals surface area (Å²) in [6.45, 7) is 1.15. The topological polar surface area (TPSA) is 58.6 Å². The highest BCUT2D eigenvalue weighted by Gasteiger charge is 2.33. The maximum absolute atomic E-state index is 12.8. The van der Waals surface area contributed by atoms with Crippen molar-refractivity contribution in [1.29, 1.82) is 0 Å². The largest absolute Gasteiger partial charge is 0.484 e. The van der Waals surface area contributed by atoms with Gasteiger partial charge in [0.2, 0.25) is 0 Å². The number of aromatic nitrogens is 2. The molecule has 3 rings (SSSR count). The summed E-state index contributed by atoms with van der Waals surface area (Å²) in [7, 11) is 0. The average molecular weight is 384 g/mol. The number of rotatable bonds is 4. The second-order valence-corrected chi connectivity index (χ2v) is 5.87. The van der Waals surface area contributed by atoms with Crippen LogP contribution in [0.4, 0.5) is 23.4 Å². The van der Waals surface area contributed by atoms with Gasteiger partial charge in [0.05, 0.1) is 0 Å². The van der Waals surface area contributed by atoms with Gasteiger partial charge in [-0.25, -0.2) is 14.4 Å². The first-order valence-electron chi connectivity index (χ1n) is 8.13. The molecule has 1 aromatic heterocycles. The first-order chi connectivity index (χ1) is 12.8. The molecule has 1 aliphatic rings. The normalized spacial score (nSPS) is 15.0. The van der Waals surface area contributed by atoms with E-state index in [0.717, 1.165) is 12.4 Å². The molecular weight excluding hydrogens is 368 g/mol. The summed E-state index contributed by atoms with van der Waals surface area (Å²) >= 11 is 0. The Balaban J connectivity index is 1.52. The third-order valence-corrected chi connectivity index (χ3v) is 4.08. The van der Waals surface area contributed by atoms with Gasteiger partial charge in [0, 0.05) is 32.2 Å². The Morgan fingerprint density at radius 2 is 1.74 bits per heavy atom. The Bertz CT molecular complexity index is 790. The lowest BCUT2D eigenvalue weighted by atomic mass is 10.3. The molecule has 0 saturated carbocycles. The minimum absolute atomic E-state index is 0.173. The molecule has 0 atom stereocenters. The fourth-order valence-corrected chi connectivity index (χ4v) is 2.63. The van der Waals surface area contributed by atoms with Crippen molar-refractivity contribution in [1.82, 2.24) is 14.9 Å². The molecule has 2 aromatic rings. The van der Waals surface area contributed by atoms with Crippen molar-refractivity contribution in [3.8, 4) is 5.75 Å². The van der Waals surface area contributed by atoms with Gasteiger partial charge in [0.25, 0.3) is 5.91 Å². The Hall–Kier alpha value is -2.91. The first-order valence-corrected chi connectivity index (χ1v) is 8.13. The maximum Gasteiger partial charge on any atom is 0.433 e. The fraction of sp³-hybridized carbons (Fsp3) is 0.353. The van der Waals surface area contributed by atoms with Crippen molar-refractivity contribution >= 4 is 11.7 Å². The van der Waals surface area contributed by atoms with Crippen LogP contribution >= 0.6 is 0 Å². The maximum atomic E-state index is 12.8. The van der Waals surface area contributed by atoms with Crippen molar-refractivity contribution in [3.05, 3.63) is 48.2 Å². The van der Waals surface area contributed by atoms with Crippen LogP contribution in [0, 0.1) is 5.82 Å². The minimum Gasteiger partial charge on any atom is -0.484 e. The SMILES string of the molecule is O=C(COc1ccc(F)cc1)N1CCN(c2cc(C(F)(F)F)ncn2)CC1. The lowest BCUT2D eigenvalue weighted by Crippen LogP contribution is -2.50. The number of amides is 1. The molecular formula is C17H16F4N4O2. The molecule has 1 fully saturated rings. The molecule has 144 valence electrons. The van der Waals surface area contributed by atoms with E-state index in [0.29, 0.717) is 31.9 Å². The summed E-state index contributed by atoms with van der Waals surface area (Å²) in [6, 6.07) is 6.21. The van der Waals surface area contributed by atoms with Gasteiger partial charge >= 0.3 is 6.18 Å². The zero-order valence-electron chi connectivity index (χ0n) is 14.1. The minimum atomic E-state index is -4.53. The molecule has 0 unspecified atom stereocenters. The van der Waals surface area contributed by atoms with Crippen LogP contribution in [-0.4, -0.2) is 53.6 Å². The van der Waals surface area contributed by atoms with E-state index in [1.807, 2.05) is 0 Å². The van der Waals surface area contributed by atoms with Crippen LogP contribution in [-0.2, 0) is 11.0 Å². The summed E-state index contributed by atoms with van der Waals surface area (Å²) in [6.07, 6.45) is -3.65. The van der Waals surface area contributed by atoms with Crippen LogP contribution in [0.15, 0.2) is 36.7 Å². The first kappa shape index (κ1) is 18.9. The second kappa shape index (κ2) is 7.77. The van der Waals surface area contributed by atoms with Crippen molar-refractivity contribution in [2.24, 2.45) is 0 Å². The van der Waals surface area contributed by atoms with E-state index < -0.39 is 17.7 Å². The molecule has 0 spiro atoms. The van der Waals surface area contributed by atoms with Crippen molar-refractivity contribution in [3.63, 3.8) is 0 Å². The summed E-state index contributed by atoms with van der Waals surface area (Å²) < 4.78 is 56.4. The van der Waals surface area contributed by atoms with E-state index in [4.69, 9.17) is 4.74 Å². The van der Waals surface area contributed by atoms with Crippen molar-refractivity contribution < 1.29 is 27.1 Å². The van der Waals surface area contributed by atoms with Crippen LogP contribution in [0.25, 0.3) is 0 Å². The van der Waals surface area contributed by atoms with Gasteiger partial charge in [0.15, 0.2) is 6.61 Å². The number of halogens is 4. The lowest BCUT2D eigenvalue weighted by molar-refractivity contribution is -0.141. The molecule has 1 amide bonds. The summed E-state index contributed by atoms with van der Waals surface area (Å²) in [5.74, 6) is -0.100. The summed E-state index contributed by atoms with van der Waals surface area (Å²) in [4.78, 5) is 22.6. The van der Waals surface area contributed by atoms with Gasteiger partial charge in [-0.15, -0.1) is 0 Å². The number of nitrogens with zero attached hydrogens (tertiary/aromatic N) is 4. The number of carbonyl (C=O) groups is 1. The molecule has 1 saturated heterocycles. The Labute approximate surface area is 152 Å². The zero-order valence-corrected chi connectivity index (χ0v) is 14.1. The molecule has 1 aliphatic heterocycles. The van der Waals surface area contributed by atoms with Crippen LogP contribution in [0.2, 0.25) is 0 Å². The van der Waals surface area contributed by atoms with E-state index in [1.54, 1.807) is 9.80 Å². The van der Waals surface area contributed by atoms with E-state index in [-0.39, 0.29) is 18.3 Å². The smallest absolute Gasteiger partial charge is 0.433 e. The Kier molecular flexibility index (Phi) is 5.43. The third-order valence-electron chi connectivity index (χ3n) is 4.08. The molecule has 10 heteroatoms. The lowest BCUT2D eigenvalue weighted by Gasteiger charge is -2.35. The van der Waals surface area contributed by atoms with Crippen LogP contribution in [0.5, 0.6) is 5.75 Å². The third kappa shape index (κ3) is 4.83. The zero-order chi connectivity index (χ0) is 19.4. The quantitative estimate of drug-likeness (QED) is 0.758. The summed E-state index contributed by atoms with van der Waals surface area (Å²) in [5.41, 5.74) is -1.00. The van der Waals surface area contributed by atoms with E-state index in [9.17, 15) is 22.4 Å². The number of anilines is 1. The number of benzene rings is 1. The highest BCUT2D eigenvalue weighted by Crippen LogP contribution is 2.29. The van der Waals surface area contributed by atoms with Crippen LogP contribution in [0.1, 0.15) is 5.69 Å². The number of hydrogen-bond acceptors (Lipinski definition) is 5. The number of hydrogen-bond donors (Lipinski definition) is 0. The predicted molar refractivity (Wildman–Crippen MR) is 87.7 cm³/mol. The molecule has 6 nitrogen and oxygen atoms in total. The second-order valence-electron chi connectivity index (χ2n) is 5.87. The van der Waals surface area contributed by atoms with Crippen molar-refractivity contribution in [2.75, 3.05) is 37.7 Å². The summed E-state index contributed by atoms with van der Waals surface area (Å²) in [5, 5.41) is 0. The van der Waals surface area contributed by atoms with Gasteiger partial charge < -0.3 is 14.5 Å². The molecule has 2 heterocycles. The molecule has 0 N–H and O–H groups in total. The van der Waals surface area contributed by atoms with E-state index in [1.165, 1.54) is 24.3 Å². The molecule has 0 bridgehead atoms. The molecule has 0 radical (unpaired) electrons. The van der Waals surface area contributed by atoms with Gasteiger partial charge in [-0.3, -0.25) is 4.79 Å². The van der Waals surface area contributed by atoms with E-state index in [2.05, 4.69) is 9.97 Å². The molecule has 27 heavy (non-hydrogen) atoms. The van der Waals surface area contributed by atoms with Gasteiger partial charge in [-0.1, -0.05) is 0 Å². The Morgan fingerprint density at radius 3 is 2.37 bits per heavy atom. The highest BCUT2D eigenvalue weighted by atomic mass is 19.4. The van der Waals surface area contributed by atoms with Crippen LogP contribution in [0.3, 0.4) is 0 Å². The highest BCUT2D eigenvalue weighted by molar-refractivity contribution is 5.78. The molecule has 0 aliphatic carbocycles. The monoisotopic (exact) mass is 384 g/mol. The molecule has 1 aromatic carbocycles. The van der Waals surface area contributed by atoms with Crippen LogP contribution < -0.4 is 9.64 Å². The van der Waals surface area contributed by atoms with Crippen molar-refractivity contribution in [2.45, 2.75) is 6.18 Å². The van der Waals surface area contributed by atoms with Gasteiger partial charge in [0.1, 0.15) is 29.4 Å². The van der Waals surface area contributed by atoms with Gasteiger partial charge in [-0.05, 0) is 24.3 Å². The average Bonchev–Trinajstić information content (AvgIpc) is 2.67. The number of carbonyl (C=O) groups excluding carboxylic acids is 1. The Morgan fingerprint density at radius 1 is 1.07 bits per heavy atom. The predicted octanol–water partition coefficient (Wildman–Crippen LogP) is 2.36. The number of alkyl halides is 3. The number of ether oxygens (including phenoxy) is 1. The van der Waals surface area contributed by atoms with Gasteiger partial charge in [-0.2, -0.15) is 13.2 Å². The van der Waals surface area contributed by atoms with E-state index >= 15 is 0 Å².